The number of hydrogen-bond donors (Lipinski definition) is 2. The lowest BCUT2D eigenvalue weighted by molar-refractivity contribution is 0.145. The summed E-state index contributed by atoms with van der Waals surface area (Å²) in [6.07, 6.45) is 0. The first kappa shape index (κ1) is 14.9. The van der Waals surface area contributed by atoms with Gasteiger partial charge in [-0.1, -0.05) is 72.5 Å². The average molecular weight is 300 g/mol. The fourth-order valence-electron chi connectivity index (χ4n) is 2.38. The summed E-state index contributed by atoms with van der Waals surface area (Å²) in [7, 11) is 0. The molecule has 3 aromatic carbocycles. The first-order valence-electron chi connectivity index (χ1n) is 7.34. The molecule has 23 heavy (non-hydrogen) atoms. The number of phenolic OH excluding ortho intramolecular Hbond substituents is 1. The Morgan fingerprint density at radius 3 is 1.78 bits per heavy atom. The van der Waals surface area contributed by atoms with Crippen LogP contribution in [-0.2, 0) is 5.60 Å². The third-order valence-electron chi connectivity index (χ3n) is 3.64. The largest absolute Gasteiger partial charge is 0.508 e. The fourth-order valence-corrected chi connectivity index (χ4v) is 2.38. The maximum atomic E-state index is 11.3. The Morgan fingerprint density at radius 1 is 0.652 bits per heavy atom. The van der Waals surface area contributed by atoms with Gasteiger partial charge in [0.05, 0.1) is 0 Å². The van der Waals surface area contributed by atoms with Crippen LogP contribution in [0.4, 0.5) is 0 Å². The van der Waals surface area contributed by atoms with E-state index in [4.69, 9.17) is 0 Å². The van der Waals surface area contributed by atoms with Crippen LogP contribution in [0.5, 0.6) is 5.75 Å². The van der Waals surface area contributed by atoms with E-state index < -0.39 is 5.60 Å². The molecule has 0 amide bonds. The predicted molar refractivity (Wildman–Crippen MR) is 90.9 cm³/mol. The number of rotatable bonds is 2. The first-order chi connectivity index (χ1) is 11.2. The minimum absolute atomic E-state index is 0.153. The van der Waals surface area contributed by atoms with Gasteiger partial charge < -0.3 is 10.2 Å². The SMILES string of the molecule is Oc1ccc(C(O)(C#Cc2ccccc2)c2ccccc2)cc1. The Labute approximate surface area is 135 Å². The minimum atomic E-state index is -1.44. The lowest BCUT2D eigenvalue weighted by Crippen LogP contribution is -2.25. The van der Waals surface area contributed by atoms with Crippen molar-refractivity contribution in [1.29, 1.82) is 0 Å². The molecule has 0 aromatic heterocycles. The molecule has 0 saturated carbocycles. The summed E-state index contributed by atoms with van der Waals surface area (Å²) in [5.41, 5.74) is 0.699. The monoisotopic (exact) mass is 300 g/mol. The fraction of sp³-hybridized carbons (Fsp3) is 0.0476. The van der Waals surface area contributed by atoms with E-state index in [1.807, 2.05) is 60.7 Å². The van der Waals surface area contributed by atoms with Crippen LogP contribution in [0, 0.1) is 11.8 Å². The van der Waals surface area contributed by atoms with E-state index in [-0.39, 0.29) is 5.75 Å². The van der Waals surface area contributed by atoms with Crippen molar-refractivity contribution in [3.8, 4) is 17.6 Å². The molecule has 2 heteroatoms. The Kier molecular flexibility index (Phi) is 4.14. The second-order valence-electron chi connectivity index (χ2n) is 5.24. The van der Waals surface area contributed by atoms with Gasteiger partial charge in [-0.2, -0.15) is 0 Å². The highest BCUT2D eigenvalue weighted by atomic mass is 16.3. The minimum Gasteiger partial charge on any atom is -0.508 e. The molecule has 0 fully saturated rings. The van der Waals surface area contributed by atoms with E-state index in [2.05, 4.69) is 11.8 Å². The number of aromatic hydroxyl groups is 1. The third-order valence-corrected chi connectivity index (χ3v) is 3.64. The molecule has 0 aliphatic heterocycles. The zero-order valence-corrected chi connectivity index (χ0v) is 12.5. The van der Waals surface area contributed by atoms with Gasteiger partial charge in [-0.05, 0) is 24.3 Å². The van der Waals surface area contributed by atoms with E-state index in [1.54, 1.807) is 24.3 Å². The molecular weight excluding hydrogens is 284 g/mol. The summed E-state index contributed by atoms with van der Waals surface area (Å²) in [5.74, 6) is 6.18. The third kappa shape index (κ3) is 3.26. The van der Waals surface area contributed by atoms with Crippen LogP contribution in [0.15, 0.2) is 84.9 Å². The lowest BCUT2D eigenvalue weighted by atomic mass is 9.86. The van der Waals surface area contributed by atoms with Crippen molar-refractivity contribution in [2.24, 2.45) is 0 Å². The van der Waals surface area contributed by atoms with Gasteiger partial charge in [-0.15, -0.1) is 0 Å². The Morgan fingerprint density at radius 2 is 1.17 bits per heavy atom. The van der Waals surface area contributed by atoms with E-state index in [0.29, 0.717) is 11.1 Å². The zero-order valence-electron chi connectivity index (χ0n) is 12.5. The van der Waals surface area contributed by atoms with E-state index in [9.17, 15) is 10.2 Å². The van der Waals surface area contributed by atoms with Crippen LogP contribution >= 0.6 is 0 Å². The predicted octanol–water partition coefficient (Wildman–Crippen LogP) is 3.68. The molecule has 0 bridgehead atoms. The summed E-state index contributed by atoms with van der Waals surface area (Å²) in [6, 6.07) is 25.3. The molecule has 3 aromatic rings. The molecule has 0 radical (unpaired) electrons. The van der Waals surface area contributed by atoms with Crippen molar-refractivity contribution in [1.82, 2.24) is 0 Å². The van der Waals surface area contributed by atoms with Gasteiger partial charge in [0, 0.05) is 16.7 Å². The molecule has 1 unspecified atom stereocenters. The van der Waals surface area contributed by atoms with Gasteiger partial charge in [0.1, 0.15) is 5.75 Å². The van der Waals surface area contributed by atoms with E-state index in [1.165, 1.54) is 0 Å². The molecule has 0 aliphatic rings. The number of benzene rings is 3. The van der Waals surface area contributed by atoms with Gasteiger partial charge in [0.2, 0.25) is 0 Å². The van der Waals surface area contributed by atoms with Crippen LogP contribution in [-0.4, -0.2) is 10.2 Å². The highest BCUT2D eigenvalue weighted by molar-refractivity contribution is 5.48. The van der Waals surface area contributed by atoms with Crippen LogP contribution < -0.4 is 0 Å². The summed E-state index contributed by atoms with van der Waals surface area (Å²) < 4.78 is 0. The molecule has 0 aliphatic carbocycles. The first-order valence-corrected chi connectivity index (χ1v) is 7.34. The maximum Gasteiger partial charge on any atom is 0.177 e. The van der Waals surface area contributed by atoms with Crippen LogP contribution in [0.25, 0.3) is 0 Å². The molecular formula is C21H16O2. The Balaban J connectivity index is 2.11. The van der Waals surface area contributed by atoms with Gasteiger partial charge in [0.15, 0.2) is 5.60 Å². The molecule has 2 nitrogen and oxygen atoms in total. The highest BCUT2D eigenvalue weighted by Crippen LogP contribution is 2.30. The highest BCUT2D eigenvalue weighted by Gasteiger charge is 2.29. The smallest absolute Gasteiger partial charge is 0.177 e. The van der Waals surface area contributed by atoms with Crippen molar-refractivity contribution in [3.63, 3.8) is 0 Å². The Bertz CT molecular complexity index is 828. The van der Waals surface area contributed by atoms with Crippen molar-refractivity contribution in [2.75, 3.05) is 0 Å². The molecule has 3 rings (SSSR count). The summed E-state index contributed by atoms with van der Waals surface area (Å²) in [4.78, 5) is 0. The molecule has 112 valence electrons. The quantitative estimate of drug-likeness (QED) is 0.709. The second-order valence-corrected chi connectivity index (χ2v) is 5.24. The molecule has 0 heterocycles. The summed E-state index contributed by atoms with van der Waals surface area (Å²) in [5, 5.41) is 20.7. The summed E-state index contributed by atoms with van der Waals surface area (Å²) >= 11 is 0. The summed E-state index contributed by atoms with van der Waals surface area (Å²) in [6.45, 7) is 0. The molecule has 1 atom stereocenters. The lowest BCUT2D eigenvalue weighted by Gasteiger charge is -2.23. The van der Waals surface area contributed by atoms with Gasteiger partial charge in [-0.3, -0.25) is 0 Å². The van der Waals surface area contributed by atoms with Crippen LogP contribution in [0.3, 0.4) is 0 Å². The number of hydrogen-bond acceptors (Lipinski definition) is 2. The van der Waals surface area contributed by atoms with Gasteiger partial charge in [-0.25, -0.2) is 0 Å². The normalized spacial score (nSPS) is 12.7. The van der Waals surface area contributed by atoms with Crippen molar-refractivity contribution < 1.29 is 10.2 Å². The molecule has 0 saturated heterocycles. The van der Waals surface area contributed by atoms with Crippen molar-refractivity contribution in [2.45, 2.75) is 5.60 Å². The second kappa shape index (κ2) is 6.39. The molecule has 2 N–H and O–H groups in total. The van der Waals surface area contributed by atoms with Crippen LogP contribution in [0.1, 0.15) is 16.7 Å². The maximum absolute atomic E-state index is 11.3. The number of phenols is 1. The van der Waals surface area contributed by atoms with Gasteiger partial charge >= 0.3 is 0 Å². The molecule has 0 spiro atoms. The average Bonchev–Trinajstić information content (AvgIpc) is 2.62. The topological polar surface area (TPSA) is 40.5 Å². The Hall–Kier alpha value is -3.02. The van der Waals surface area contributed by atoms with Crippen molar-refractivity contribution >= 4 is 0 Å². The van der Waals surface area contributed by atoms with Crippen LogP contribution in [0.2, 0.25) is 0 Å². The van der Waals surface area contributed by atoms with E-state index >= 15 is 0 Å². The number of aliphatic hydroxyl groups is 1. The zero-order chi connectivity index (χ0) is 16.1. The van der Waals surface area contributed by atoms with Crippen molar-refractivity contribution in [3.05, 3.63) is 102 Å². The van der Waals surface area contributed by atoms with Gasteiger partial charge in [0.25, 0.3) is 0 Å². The van der Waals surface area contributed by atoms with E-state index in [0.717, 1.165) is 5.56 Å². The standard InChI is InChI=1S/C21H16O2/c22-20-13-11-19(12-14-20)21(23,18-9-5-2-6-10-18)16-15-17-7-3-1-4-8-17/h1-14,22-23H.